The highest BCUT2D eigenvalue weighted by molar-refractivity contribution is 14.1. The van der Waals surface area contributed by atoms with Gasteiger partial charge in [-0.15, -0.1) is 0 Å². The van der Waals surface area contributed by atoms with E-state index in [4.69, 9.17) is 20.2 Å². The highest BCUT2D eigenvalue weighted by Crippen LogP contribution is 2.20. The number of aryl methyl sites for hydroxylation is 1. The van der Waals surface area contributed by atoms with Crippen molar-refractivity contribution in [3.8, 4) is 0 Å². The fourth-order valence-corrected chi connectivity index (χ4v) is 4.00. The number of hydrogen-bond donors (Lipinski definition) is 4. The fraction of sp³-hybridized carbons (Fsp3) is 0.619. The Balaban J connectivity index is 2.11. The number of hydrogen-bond acceptors (Lipinski definition) is 8. The van der Waals surface area contributed by atoms with Crippen LogP contribution in [0.25, 0.3) is 0 Å². The van der Waals surface area contributed by atoms with Gasteiger partial charge in [0.1, 0.15) is 5.82 Å². The summed E-state index contributed by atoms with van der Waals surface area (Å²) in [5.74, 6) is 0.980. The summed E-state index contributed by atoms with van der Waals surface area (Å²) in [4.78, 5) is 9.40. The molecule has 0 saturated carbocycles. The van der Waals surface area contributed by atoms with Crippen molar-refractivity contribution in [2.75, 3.05) is 38.2 Å². The van der Waals surface area contributed by atoms with Gasteiger partial charge >= 0.3 is 0 Å². The lowest BCUT2D eigenvalue weighted by Gasteiger charge is -2.26. The zero-order chi connectivity index (χ0) is 22.0. The molecule has 0 aromatic carbocycles. The molecule has 0 bridgehead atoms. The molecule has 1 unspecified atom stereocenters. The van der Waals surface area contributed by atoms with E-state index in [2.05, 4.69) is 48.8 Å². The van der Waals surface area contributed by atoms with Gasteiger partial charge < -0.3 is 25.6 Å². The molecular weight excluding hydrogens is 497 g/mol. The largest absolute Gasteiger partial charge is 0.404 e. The molecule has 0 fully saturated rings. The van der Waals surface area contributed by atoms with Crippen molar-refractivity contribution in [1.82, 2.24) is 8.51 Å². The molecule has 0 radical (unpaired) electrons. The quantitative estimate of drug-likeness (QED) is 0.142. The SMILES string of the molecule is CCOC(O)C(=CN)C(COC(C)(C)CNI)=NCCc1ccc2c(n1)NCCC2. The maximum absolute atomic E-state index is 10.3. The van der Waals surface area contributed by atoms with Crippen molar-refractivity contribution in [3.63, 3.8) is 0 Å². The number of nitrogens with zero attached hydrogens (tertiary/aromatic N) is 2. The molecule has 0 saturated heterocycles. The first kappa shape index (κ1) is 25.0. The average molecular weight is 531 g/mol. The smallest absolute Gasteiger partial charge is 0.184 e. The monoisotopic (exact) mass is 531 g/mol. The van der Waals surface area contributed by atoms with E-state index in [1.165, 1.54) is 11.8 Å². The van der Waals surface area contributed by atoms with Crippen molar-refractivity contribution < 1.29 is 14.6 Å². The summed E-state index contributed by atoms with van der Waals surface area (Å²) in [6, 6.07) is 4.20. The maximum atomic E-state index is 10.3. The Bertz CT molecular complexity index is 739. The highest BCUT2D eigenvalue weighted by atomic mass is 127. The molecule has 1 atom stereocenters. The first-order valence-corrected chi connectivity index (χ1v) is 11.4. The number of aliphatic hydroxyl groups is 1. The summed E-state index contributed by atoms with van der Waals surface area (Å²) < 4.78 is 14.4. The minimum Gasteiger partial charge on any atom is -0.404 e. The molecule has 1 aliphatic heterocycles. The number of aliphatic hydroxyl groups excluding tert-OH is 1. The van der Waals surface area contributed by atoms with Gasteiger partial charge in [-0.1, -0.05) is 6.07 Å². The van der Waals surface area contributed by atoms with E-state index in [0.29, 0.717) is 37.4 Å². The molecule has 30 heavy (non-hydrogen) atoms. The van der Waals surface area contributed by atoms with Gasteiger partial charge in [0.25, 0.3) is 0 Å². The zero-order valence-corrected chi connectivity index (χ0v) is 20.2. The Morgan fingerprint density at radius 2 is 2.30 bits per heavy atom. The van der Waals surface area contributed by atoms with Crippen LogP contribution in [-0.2, 0) is 22.3 Å². The highest BCUT2D eigenvalue weighted by Gasteiger charge is 2.22. The van der Waals surface area contributed by atoms with Gasteiger partial charge in [-0.25, -0.2) is 4.98 Å². The predicted octanol–water partition coefficient (Wildman–Crippen LogP) is 2.36. The average Bonchev–Trinajstić information content (AvgIpc) is 2.72. The number of aliphatic imine (C=N–C) groups is 1. The van der Waals surface area contributed by atoms with Crippen LogP contribution < -0.4 is 14.6 Å². The number of ether oxygens (including phenoxy) is 2. The van der Waals surface area contributed by atoms with Crippen LogP contribution in [0, 0.1) is 0 Å². The summed E-state index contributed by atoms with van der Waals surface area (Å²) in [6.07, 6.45) is 3.09. The Hall–Kier alpha value is -1.27. The molecule has 1 aromatic rings. The van der Waals surface area contributed by atoms with E-state index in [0.717, 1.165) is 30.9 Å². The van der Waals surface area contributed by atoms with E-state index in [9.17, 15) is 5.11 Å². The number of halogens is 1. The minimum absolute atomic E-state index is 0.220. The standard InChI is InChI=1S/C21H34IN5O3/c1-4-29-20(28)17(12-23)18(13-30-21(2,3)14-26-22)24-11-9-16-8-7-15-6-5-10-25-19(15)27-16/h7-8,12,20,26,28H,4-6,9-11,13-14,23H2,1-3H3,(H,25,27). The van der Waals surface area contributed by atoms with E-state index in [-0.39, 0.29) is 6.61 Å². The van der Waals surface area contributed by atoms with Crippen molar-refractivity contribution in [3.05, 3.63) is 35.2 Å². The van der Waals surface area contributed by atoms with Gasteiger partial charge in [0.05, 0.1) is 17.9 Å². The van der Waals surface area contributed by atoms with Gasteiger partial charge in [0.15, 0.2) is 6.29 Å². The first-order valence-electron chi connectivity index (χ1n) is 10.4. The number of fused-ring (bicyclic) bond motifs is 1. The van der Waals surface area contributed by atoms with Crippen molar-refractivity contribution in [1.29, 1.82) is 0 Å². The summed E-state index contributed by atoms with van der Waals surface area (Å²) in [5.41, 5.74) is 8.64. The fourth-order valence-electron chi connectivity index (χ4n) is 3.08. The predicted molar refractivity (Wildman–Crippen MR) is 129 cm³/mol. The maximum Gasteiger partial charge on any atom is 0.184 e. The molecular formula is C21H34IN5O3. The lowest BCUT2D eigenvalue weighted by atomic mass is 10.1. The van der Waals surface area contributed by atoms with Crippen LogP contribution in [0.2, 0.25) is 0 Å². The third-order valence-corrected chi connectivity index (χ3v) is 5.20. The number of pyridine rings is 1. The third-order valence-electron chi connectivity index (χ3n) is 4.82. The lowest BCUT2D eigenvalue weighted by Crippen LogP contribution is -2.37. The van der Waals surface area contributed by atoms with Crippen LogP contribution in [0.1, 0.15) is 38.4 Å². The summed E-state index contributed by atoms with van der Waals surface area (Å²) in [5, 5.41) is 13.7. The summed E-state index contributed by atoms with van der Waals surface area (Å²) in [6.45, 7) is 8.52. The molecule has 1 aromatic heterocycles. The zero-order valence-electron chi connectivity index (χ0n) is 18.1. The molecule has 0 aliphatic carbocycles. The molecule has 2 rings (SSSR count). The van der Waals surface area contributed by atoms with Crippen LogP contribution in [0.4, 0.5) is 5.82 Å². The Morgan fingerprint density at radius 1 is 1.50 bits per heavy atom. The molecule has 168 valence electrons. The Kier molecular flexibility index (Phi) is 10.5. The molecule has 1 aliphatic rings. The van der Waals surface area contributed by atoms with Gasteiger partial charge in [0, 0.05) is 73.0 Å². The van der Waals surface area contributed by atoms with Gasteiger partial charge in [-0.05, 0) is 45.2 Å². The second-order valence-electron chi connectivity index (χ2n) is 7.71. The number of rotatable bonds is 12. The van der Waals surface area contributed by atoms with Crippen LogP contribution in [0.15, 0.2) is 28.9 Å². The molecule has 9 heteroatoms. The second-order valence-corrected chi connectivity index (χ2v) is 8.47. The second kappa shape index (κ2) is 12.6. The number of nitrogens with one attached hydrogen (secondary N) is 2. The van der Waals surface area contributed by atoms with E-state index in [1.54, 1.807) is 0 Å². The molecule has 5 N–H and O–H groups in total. The van der Waals surface area contributed by atoms with Gasteiger partial charge in [-0.2, -0.15) is 0 Å². The summed E-state index contributed by atoms with van der Waals surface area (Å²) in [7, 11) is 0. The van der Waals surface area contributed by atoms with Crippen LogP contribution >= 0.6 is 22.9 Å². The van der Waals surface area contributed by atoms with E-state index in [1.807, 2.05) is 20.8 Å². The van der Waals surface area contributed by atoms with E-state index >= 15 is 0 Å². The molecule has 0 amide bonds. The molecule has 2 heterocycles. The Labute approximate surface area is 193 Å². The normalized spacial score (nSPS) is 16.2. The number of nitrogens with two attached hydrogens (primary N) is 1. The molecule has 0 spiro atoms. The third kappa shape index (κ3) is 7.77. The minimum atomic E-state index is -1.14. The van der Waals surface area contributed by atoms with E-state index < -0.39 is 11.9 Å². The first-order chi connectivity index (χ1) is 14.4. The summed E-state index contributed by atoms with van der Waals surface area (Å²) >= 11 is 2.09. The van der Waals surface area contributed by atoms with Crippen LogP contribution in [-0.4, -0.2) is 60.5 Å². The number of anilines is 1. The van der Waals surface area contributed by atoms with Gasteiger partial charge in [0.2, 0.25) is 0 Å². The Morgan fingerprint density at radius 3 is 3.00 bits per heavy atom. The van der Waals surface area contributed by atoms with Crippen molar-refractivity contribution in [2.45, 2.75) is 51.9 Å². The topological polar surface area (TPSA) is 114 Å². The lowest BCUT2D eigenvalue weighted by molar-refractivity contribution is -0.0643. The van der Waals surface area contributed by atoms with Crippen molar-refractivity contribution >= 4 is 34.4 Å². The van der Waals surface area contributed by atoms with Crippen LogP contribution in [0.5, 0.6) is 0 Å². The van der Waals surface area contributed by atoms with Crippen LogP contribution in [0.3, 0.4) is 0 Å². The number of aromatic nitrogens is 1. The van der Waals surface area contributed by atoms with Gasteiger partial charge in [-0.3, -0.25) is 8.52 Å². The van der Waals surface area contributed by atoms with Crippen molar-refractivity contribution in [2.24, 2.45) is 10.7 Å². The molecule has 8 nitrogen and oxygen atoms in total.